The number of aromatic carboxylic acids is 1. The summed E-state index contributed by atoms with van der Waals surface area (Å²) in [5, 5.41) is 9.88. The lowest BCUT2D eigenvalue weighted by Crippen LogP contribution is -1.94. The molecule has 0 fully saturated rings. The molecule has 106 valence electrons. The van der Waals surface area contributed by atoms with Crippen molar-refractivity contribution in [2.24, 2.45) is 0 Å². The number of benzene rings is 1. The highest BCUT2D eigenvalue weighted by atomic mass is 32.1. The Morgan fingerprint density at radius 3 is 2.29 bits per heavy atom. The van der Waals surface area contributed by atoms with Crippen LogP contribution in [0.4, 0.5) is 0 Å². The molecule has 0 saturated carbocycles. The van der Waals surface area contributed by atoms with Gasteiger partial charge in [0.05, 0.1) is 10.6 Å². The number of carboxylic acid groups (broad SMARTS) is 1. The molecule has 0 spiro atoms. The van der Waals surface area contributed by atoms with Gasteiger partial charge >= 0.3 is 5.97 Å². The normalized spacial score (nSPS) is 10.8. The molecule has 1 N–H and O–H groups in total. The van der Waals surface area contributed by atoms with Gasteiger partial charge < -0.3 is 5.11 Å². The second kappa shape index (κ2) is 5.42. The van der Waals surface area contributed by atoms with Gasteiger partial charge in [-0.1, -0.05) is 29.8 Å². The molecule has 3 aromatic rings. The number of aryl methyl sites for hydroxylation is 2. The lowest BCUT2D eigenvalue weighted by atomic mass is 10.1. The molecule has 5 heteroatoms. The summed E-state index contributed by atoms with van der Waals surface area (Å²) in [7, 11) is 0. The molecule has 3 nitrogen and oxygen atoms in total. The van der Waals surface area contributed by atoms with Crippen molar-refractivity contribution >= 4 is 28.6 Å². The van der Waals surface area contributed by atoms with E-state index in [4.69, 9.17) is 5.11 Å². The molecule has 0 aliphatic rings. The maximum atomic E-state index is 11.1. The van der Waals surface area contributed by atoms with Crippen molar-refractivity contribution in [3.05, 3.63) is 52.5 Å². The van der Waals surface area contributed by atoms with Gasteiger partial charge in [0.25, 0.3) is 0 Å². The Kier molecular flexibility index (Phi) is 3.61. The first-order valence-electron chi connectivity index (χ1n) is 6.42. The molecular weight excluding hydrogens is 302 g/mol. The van der Waals surface area contributed by atoms with Gasteiger partial charge in [0.2, 0.25) is 0 Å². The monoisotopic (exact) mass is 315 g/mol. The van der Waals surface area contributed by atoms with Crippen molar-refractivity contribution in [3.8, 4) is 20.3 Å². The molecule has 0 atom stereocenters. The number of carboxylic acids is 1. The van der Waals surface area contributed by atoms with Crippen LogP contribution in [0.5, 0.6) is 0 Å². The van der Waals surface area contributed by atoms with Crippen LogP contribution in [-0.4, -0.2) is 16.1 Å². The van der Waals surface area contributed by atoms with Crippen molar-refractivity contribution in [2.75, 3.05) is 0 Å². The van der Waals surface area contributed by atoms with Crippen molar-refractivity contribution in [3.63, 3.8) is 0 Å². The lowest BCUT2D eigenvalue weighted by molar-refractivity contribution is 0.0701. The Balaban J connectivity index is 1.96. The van der Waals surface area contributed by atoms with Crippen LogP contribution in [0, 0.1) is 13.8 Å². The average Bonchev–Trinajstić information content (AvgIpc) is 3.06. The number of thiazole rings is 1. The summed E-state index contributed by atoms with van der Waals surface area (Å²) in [5.41, 5.74) is 2.98. The van der Waals surface area contributed by atoms with E-state index in [0.29, 0.717) is 10.6 Å². The molecular formula is C16H13NO2S2. The van der Waals surface area contributed by atoms with Crippen molar-refractivity contribution in [1.82, 2.24) is 4.98 Å². The minimum atomic E-state index is -0.911. The van der Waals surface area contributed by atoms with Crippen molar-refractivity contribution < 1.29 is 9.90 Å². The Morgan fingerprint density at radius 2 is 1.67 bits per heavy atom. The number of carbonyl (C=O) groups is 1. The van der Waals surface area contributed by atoms with E-state index in [0.717, 1.165) is 14.8 Å². The summed E-state index contributed by atoms with van der Waals surface area (Å²) in [5.74, 6) is -0.911. The molecule has 0 bridgehead atoms. The molecule has 0 saturated heterocycles. The molecule has 1 aromatic carbocycles. The first kappa shape index (κ1) is 14.0. The smallest absolute Gasteiger partial charge is 0.347 e. The van der Waals surface area contributed by atoms with Gasteiger partial charge in [0.1, 0.15) is 9.88 Å². The predicted octanol–water partition coefficient (Wildman–Crippen LogP) is 4.85. The second-order valence-corrected chi connectivity index (χ2v) is 6.85. The summed E-state index contributed by atoms with van der Waals surface area (Å²) in [6.07, 6.45) is 0. The molecule has 0 aliphatic carbocycles. The number of nitrogens with zero attached hydrogens (tertiary/aromatic N) is 1. The zero-order valence-electron chi connectivity index (χ0n) is 11.6. The maximum Gasteiger partial charge on any atom is 0.347 e. The number of hydrogen-bond acceptors (Lipinski definition) is 4. The summed E-state index contributed by atoms with van der Waals surface area (Å²) in [4.78, 5) is 18.0. The Morgan fingerprint density at radius 1 is 1.00 bits per heavy atom. The predicted molar refractivity (Wildman–Crippen MR) is 87.3 cm³/mol. The van der Waals surface area contributed by atoms with Crippen LogP contribution in [-0.2, 0) is 0 Å². The van der Waals surface area contributed by atoms with Crippen LogP contribution >= 0.6 is 22.7 Å². The summed E-state index contributed by atoms with van der Waals surface area (Å²) >= 11 is 2.87. The van der Waals surface area contributed by atoms with Crippen molar-refractivity contribution in [1.29, 1.82) is 0 Å². The van der Waals surface area contributed by atoms with E-state index >= 15 is 0 Å². The lowest BCUT2D eigenvalue weighted by Gasteiger charge is -1.97. The third kappa shape index (κ3) is 2.75. The first-order valence-corrected chi connectivity index (χ1v) is 8.06. The maximum absolute atomic E-state index is 11.1. The highest BCUT2D eigenvalue weighted by Gasteiger charge is 2.16. The van der Waals surface area contributed by atoms with E-state index in [9.17, 15) is 4.79 Å². The van der Waals surface area contributed by atoms with Gasteiger partial charge in [-0.05, 0) is 31.5 Å². The molecule has 2 heterocycles. The second-order valence-electron chi connectivity index (χ2n) is 4.77. The topological polar surface area (TPSA) is 50.2 Å². The number of rotatable bonds is 3. The Bertz CT molecular complexity index is 800. The third-order valence-corrected chi connectivity index (χ3v) is 5.59. The van der Waals surface area contributed by atoms with Crippen LogP contribution in [0.25, 0.3) is 20.3 Å². The largest absolute Gasteiger partial charge is 0.477 e. The number of hydrogen-bond donors (Lipinski definition) is 1. The van der Waals surface area contributed by atoms with Gasteiger partial charge in [-0.3, -0.25) is 0 Å². The van der Waals surface area contributed by atoms with E-state index in [1.165, 1.54) is 22.5 Å². The van der Waals surface area contributed by atoms with Gasteiger partial charge in [-0.2, -0.15) is 0 Å². The highest BCUT2D eigenvalue weighted by molar-refractivity contribution is 7.24. The molecule has 2 aromatic heterocycles. The fourth-order valence-corrected chi connectivity index (χ4v) is 4.00. The van der Waals surface area contributed by atoms with Crippen LogP contribution in [0.2, 0.25) is 0 Å². The summed E-state index contributed by atoms with van der Waals surface area (Å²) < 4.78 is 0. The molecule has 21 heavy (non-hydrogen) atoms. The quantitative estimate of drug-likeness (QED) is 0.751. The average molecular weight is 315 g/mol. The first-order chi connectivity index (χ1) is 10.0. The molecule has 0 aliphatic heterocycles. The highest BCUT2D eigenvalue weighted by Crippen LogP contribution is 2.37. The van der Waals surface area contributed by atoms with Crippen molar-refractivity contribution in [2.45, 2.75) is 13.8 Å². The SMILES string of the molecule is Cc1ccc(-c2ccc(-c3nc(C)c(C(=O)O)s3)s2)cc1. The minimum absolute atomic E-state index is 0.315. The molecule has 0 amide bonds. The van der Waals surface area contributed by atoms with E-state index in [1.807, 2.05) is 6.07 Å². The van der Waals surface area contributed by atoms with Gasteiger partial charge in [-0.25, -0.2) is 9.78 Å². The number of aromatic nitrogens is 1. The standard InChI is InChI=1S/C16H13NO2S2/c1-9-3-5-11(6-4-9)12-7-8-13(20-12)15-17-10(2)14(21-15)16(18)19/h3-8H,1-2H3,(H,18,19). The molecule has 0 radical (unpaired) electrons. The van der Waals surface area contributed by atoms with E-state index < -0.39 is 5.97 Å². The fourth-order valence-electron chi connectivity index (χ4n) is 2.03. The van der Waals surface area contributed by atoms with E-state index in [-0.39, 0.29) is 0 Å². The van der Waals surface area contributed by atoms with Gasteiger partial charge in [-0.15, -0.1) is 22.7 Å². The molecule has 0 unspecified atom stereocenters. The fraction of sp³-hybridized carbons (Fsp3) is 0.125. The summed E-state index contributed by atoms with van der Waals surface area (Å²) in [6.45, 7) is 3.80. The van der Waals surface area contributed by atoms with E-state index in [2.05, 4.69) is 42.2 Å². The Labute approximate surface area is 130 Å². The van der Waals surface area contributed by atoms with Gasteiger partial charge in [0, 0.05) is 4.88 Å². The Hall–Kier alpha value is -1.98. The van der Waals surface area contributed by atoms with Crippen LogP contribution in [0.3, 0.4) is 0 Å². The minimum Gasteiger partial charge on any atom is -0.477 e. The van der Waals surface area contributed by atoms with Crippen LogP contribution in [0.15, 0.2) is 36.4 Å². The van der Waals surface area contributed by atoms with Gasteiger partial charge in [0.15, 0.2) is 0 Å². The van der Waals surface area contributed by atoms with Crippen LogP contribution < -0.4 is 0 Å². The van der Waals surface area contributed by atoms with Crippen LogP contribution in [0.1, 0.15) is 20.9 Å². The zero-order chi connectivity index (χ0) is 15.0. The van der Waals surface area contributed by atoms with E-state index in [1.54, 1.807) is 18.3 Å². The third-order valence-electron chi connectivity index (χ3n) is 3.14. The summed E-state index contributed by atoms with van der Waals surface area (Å²) in [6, 6.07) is 12.4. The molecule has 3 rings (SSSR count). The zero-order valence-corrected chi connectivity index (χ0v) is 13.2. The number of thiophene rings is 1.